The maximum absolute atomic E-state index is 11.9. The Kier molecular flexibility index (Phi) is 21.3. The fourth-order valence-electron chi connectivity index (χ4n) is 3.35. The van der Waals surface area contributed by atoms with E-state index in [0.29, 0.717) is 19.4 Å². The van der Waals surface area contributed by atoms with E-state index in [-0.39, 0.29) is 18.4 Å². The fourth-order valence-corrected chi connectivity index (χ4v) is 3.35. The summed E-state index contributed by atoms with van der Waals surface area (Å²) in [5.41, 5.74) is 0. The molecule has 0 aliphatic rings. The normalized spacial score (nSPS) is 13.6. The number of aliphatic hydroxyl groups is 1. The highest BCUT2D eigenvalue weighted by Crippen LogP contribution is 2.10. The lowest BCUT2D eigenvalue weighted by Crippen LogP contribution is -2.33. The van der Waals surface area contributed by atoms with Gasteiger partial charge in [0.25, 0.3) is 0 Å². The third-order valence-electron chi connectivity index (χ3n) is 5.38. The van der Waals surface area contributed by atoms with Gasteiger partial charge in [0.15, 0.2) is 0 Å². The van der Waals surface area contributed by atoms with Crippen molar-refractivity contribution < 1.29 is 14.6 Å². The van der Waals surface area contributed by atoms with Crippen LogP contribution < -0.4 is 5.32 Å². The van der Waals surface area contributed by atoms with Crippen LogP contribution in [0.15, 0.2) is 12.2 Å². The summed E-state index contributed by atoms with van der Waals surface area (Å²) in [6.45, 7) is 2.72. The Labute approximate surface area is 181 Å². The van der Waals surface area contributed by atoms with E-state index in [1.807, 2.05) is 0 Å². The number of methoxy groups -OCH3 is 1. The van der Waals surface area contributed by atoms with Gasteiger partial charge in [-0.3, -0.25) is 4.79 Å². The van der Waals surface area contributed by atoms with Crippen LogP contribution in [0.5, 0.6) is 0 Å². The van der Waals surface area contributed by atoms with Crippen LogP contribution in [-0.4, -0.2) is 45.1 Å². The number of hydrogen-bond donors (Lipinski definition) is 2. The van der Waals surface area contributed by atoms with Crippen molar-refractivity contribution in [1.29, 1.82) is 0 Å². The number of aliphatic hydroxyl groups excluding tert-OH is 1. The maximum Gasteiger partial charge on any atom is 0.220 e. The van der Waals surface area contributed by atoms with E-state index in [1.165, 1.54) is 70.6 Å². The van der Waals surface area contributed by atoms with E-state index >= 15 is 0 Å². The molecule has 2 atom stereocenters. The molecule has 29 heavy (non-hydrogen) atoms. The van der Waals surface area contributed by atoms with E-state index in [4.69, 9.17) is 12.6 Å². The Balaban J connectivity index is 3.42. The fraction of sp³-hybridized carbons (Fsp3) is 0.875. The lowest BCUT2D eigenvalue weighted by molar-refractivity contribution is -0.121. The Morgan fingerprint density at radius 1 is 0.966 bits per heavy atom. The van der Waals surface area contributed by atoms with E-state index in [9.17, 15) is 9.90 Å². The van der Waals surface area contributed by atoms with Crippen LogP contribution in [0.3, 0.4) is 0 Å². The van der Waals surface area contributed by atoms with Crippen molar-refractivity contribution in [2.24, 2.45) is 5.92 Å². The molecule has 0 heterocycles. The summed E-state index contributed by atoms with van der Waals surface area (Å²) < 4.78 is 5.00. The Morgan fingerprint density at radius 3 is 2.07 bits per heavy atom. The summed E-state index contributed by atoms with van der Waals surface area (Å²) in [6.07, 6.45) is 22.1. The number of allylic oxidation sites excluding steroid dienone is 2. The van der Waals surface area contributed by atoms with Crippen LogP contribution in [0.4, 0.5) is 0 Å². The van der Waals surface area contributed by atoms with Crippen LogP contribution in [0.1, 0.15) is 103 Å². The van der Waals surface area contributed by atoms with Gasteiger partial charge in [0.05, 0.1) is 0 Å². The first-order valence-corrected chi connectivity index (χ1v) is 11.9. The number of carbonyl (C=O) groups excluding carboxylic acids is 1. The monoisotopic (exact) mass is 407 g/mol. The molecule has 0 aromatic rings. The second-order valence-corrected chi connectivity index (χ2v) is 8.20. The zero-order valence-electron chi connectivity index (χ0n) is 19.2. The molecule has 2 radical (unpaired) electrons. The van der Waals surface area contributed by atoms with Gasteiger partial charge in [0.1, 0.15) is 7.85 Å². The zero-order chi connectivity index (χ0) is 21.6. The molecule has 0 fully saturated rings. The number of amides is 1. The summed E-state index contributed by atoms with van der Waals surface area (Å²) in [4.78, 5) is 11.9. The average molecular weight is 407 g/mol. The summed E-state index contributed by atoms with van der Waals surface area (Å²) in [5.74, 6) is 0.00933. The third kappa shape index (κ3) is 20.3. The molecular formula is C24H46BNO3. The number of unbranched alkanes of at least 4 members (excludes halogenated alkanes) is 11. The molecule has 168 valence electrons. The standard InChI is InChI=1S/C24H46BNO3/c1-3-4-5-6-7-8-9-10-11-12-13-14-15-16-17-18-24(28)26-20-22(21-27)19-23(25)29-2/h10-11,22-23,27H,3-9,12-21H2,1-2H3,(H,26,28)/b11-10-/t22-,23-/m1/s1. The highest BCUT2D eigenvalue weighted by atomic mass is 16.5. The van der Waals surface area contributed by atoms with Crippen LogP contribution >= 0.6 is 0 Å². The van der Waals surface area contributed by atoms with Gasteiger partial charge in [-0.05, 0) is 38.5 Å². The molecule has 4 nitrogen and oxygen atoms in total. The molecule has 0 aromatic carbocycles. The van der Waals surface area contributed by atoms with Gasteiger partial charge >= 0.3 is 0 Å². The molecule has 0 aliphatic carbocycles. The number of nitrogens with one attached hydrogen (secondary N) is 1. The first-order valence-electron chi connectivity index (χ1n) is 11.9. The lowest BCUT2D eigenvalue weighted by Gasteiger charge is -2.19. The van der Waals surface area contributed by atoms with Gasteiger partial charge in [0, 0.05) is 38.6 Å². The molecule has 0 saturated heterocycles. The minimum absolute atomic E-state index is 0.00471. The first kappa shape index (κ1) is 28.2. The maximum atomic E-state index is 11.9. The predicted octanol–water partition coefficient (Wildman–Crippen LogP) is 5.28. The zero-order valence-corrected chi connectivity index (χ0v) is 19.2. The van der Waals surface area contributed by atoms with E-state index in [0.717, 1.165) is 12.8 Å². The molecule has 0 saturated carbocycles. The van der Waals surface area contributed by atoms with E-state index in [2.05, 4.69) is 24.4 Å². The van der Waals surface area contributed by atoms with Crippen LogP contribution in [0, 0.1) is 5.92 Å². The van der Waals surface area contributed by atoms with Gasteiger partial charge < -0.3 is 15.2 Å². The van der Waals surface area contributed by atoms with Crippen molar-refractivity contribution in [2.75, 3.05) is 20.3 Å². The van der Waals surface area contributed by atoms with Crippen molar-refractivity contribution in [1.82, 2.24) is 5.32 Å². The van der Waals surface area contributed by atoms with Gasteiger partial charge in [-0.1, -0.05) is 70.4 Å². The van der Waals surface area contributed by atoms with Crippen LogP contribution in [0.2, 0.25) is 0 Å². The van der Waals surface area contributed by atoms with Crippen molar-refractivity contribution in [3.8, 4) is 0 Å². The average Bonchev–Trinajstić information content (AvgIpc) is 2.73. The first-order chi connectivity index (χ1) is 14.1. The topological polar surface area (TPSA) is 58.6 Å². The third-order valence-corrected chi connectivity index (χ3v) is 5.38. The van der Waals surface area contributed by atoms with E-state index < -0.39 is 6.00 Å². The highest BCUT2D eigenvalue weighted by Gasteiger charge is 2.13. The largest absolute Gasteiger partial charge is 0.396 e. The van der Waals surface area contributed by atoms with Crippen molar-refractivity contribution in [3.63, 3.8) is 0 Å². The molecule has 0 unspecified atom stereocenters. The summed E-state index contributed by atoms with van der Waals surface area (Å²) in [5, 5.41) is 12.2. The van der Waals surface area contributed by atoms with Crippen molar-refractivity contribution >= 4 is 13.8 Å². The second kappa shape index (κ2) is 21.9. The van der Waals surface area contributed by atoms with E-state index in [1.54, 1.807) is 7.11 Å². The van der Waals surface area contributed by atoms with Gasteiger partial charge in [-0.2, -0.15) is 0 Å². The number of carbonyl (C=O) groups is 1. The summed E-state index contributed by atoms with van der Waals surface area (Å²) in [7, 11) is 7.25. The van der Waals surface area contributed by atoms with Crippen molar-refractivity contribution in [2.45, 2.75) is 109 Å². The minimum atomic E-state index is -0.394. The quantitative estimate of drug-likeness (QED) is 0.155. The Hall–Kier alpha value is -0.805. The summed E-state index contributed by atoms with van der Waals surface area (Å²) >= 11 is 0. The molecule has 0 aromatic heterocycles. The molecule has 0 bridgehead atoms. The van der Waals surface area contributed by atoms with Crippen molar-refractivity contribution in [3.05, 3.63) is 12.2 Å². The Bertz CT molecular complexity index is 390. The molecule has 0 rings (SSSR count). The summed E-state index contributed by atoms with van der Waals surface area (Å²) in [6, 6.07) is -0.394. The van der Waals surface area contributed by atoms with Crippen LogP contribution in [0.25, 0.3) is 0 Å². The van der Waals surface area contributed by atoms with Gasteiger partial charge in [-0.15, -0.1) is 0 Å². The number of ether oxygens (including phenoxy) is 1. The number of rotatable bonds is 21. The molecule has 2 N–H and O–H groups in total. The van der Waals surface area contributed by atoms with Crippen LogP contribution in [-0.2, 0) is 9.53 Å². The predicted molar refractivity (Wildman–Crippen MR) is 124 cm³/mol. The smallest absolute Gasteiger partial charge is 0.220 e. The minimum Gasteiger partial charge on any atom is -0.396 e. The molecule has 0 aliphatic heterocycles. The molecule has 1 amide bonds. The molecule has 5 heteroatoms. The second-order valence-electron chi connectivity index (χ2n) is 8.20. The van der Waals surface area contributed by atoms with Gasteiger partial charge in [-0.25, -0.2) is 0 Å². The molecule has 0 spiro atoms. The SMILES string of the molecule is [B][C@@H](C[C@@H](CO)CNC(=O)CCCCCCC/C=C\CCCCCCCC)OC. The lowest BCUT2D eigenvalue weighted by atomic mass is 9.89. The highest BCUT2D eigenvalue weighted by molar-refractivity contribution is 6.10. The van der Waals surface area contributed by atoms with Gasteiger partial charge in [0.2, 0.25) is 5.91 Å². The Morgan fingerprint density at radius 2 is 1.52 bits per heavy atom. The number of hydrogen-bond acceptors (Lipinski definition) is 3. The molecular weight excluding hydrogens is 361 g/mol.